The van der Waals surface area contributed by atoms with Crippen LogP contribution in [-0.4, -0.2) is 17.0 Å². The summed E-state index contributed by atoms with van der Waals surface area (Å²) in [4.78, 5) is 1.98. The molecule has 1 heterocycles. The predicted molar refractivity (Wildman–Crippen MR) is 54.0 cm³/mol. The largest absolute Gasteiger partial charge is 0.305 e. The lowest BCUT2D eigenvalue weighted by Gasteiger charge is -2.28. The quantitative estimate of drug-likeness (QED) is 0.580. The Morgan fingerprint density at radius 1 is 1.38 bits per heavy atom. The van der Waals surface area contributed by atoms with Crippen molar-refractivity contribution in [3.8, 4) is 6.19 Å². The van der Waals surface area contributed by atoms with Gasteiger partial charge >= 0.3 is 0 Å². The van der Waals surface area contributed by atoms with Crippen molar-refractivity contribution in [3.63, 3.8) is 0 Å². The van der Waals surface area contributed by atoms with E-state index in [0.29, 0.717) is 17.5 Å². The van der Waals surface area contributed by atoms with Crippen molar-refractivity contribution in [3.05, 3.63) is 0 Å². The molecule has 74 valence electrons. The van der Waals surface area contributed by atoms with Crippen LogP contribution in [0.4, 0.5) is 0 Å². The molecule has 0 aromatic rings. The van der Waals surface area contributed by atoms with Gasteiger partial charge in [-0.05, 0) is 31.6 Å². The van der Waals surface area contributed by atoms with Crippen molar-refractivity contribution in [2.75, 3.05) is 0 Å². The second-order valence-corrected chi connectivity index (χ2v) is 5.35. The van der Waals surface area contributed by atoms with Crippen LogP contribution in [0.3, 0.4) is 0 Å². The van der Waals surface area contributed by atoms with Crippen molar-refractivity contribution >= 4 is 0 Å². The SMILES string of the molecule is CC1CCC(CC(C)(C)C)N1C#N. The molecule has 0 amide bonds. The summed E-state index contributed by atoms with van der Waals surface area (Å²) >= 11 is 0. The third kappa shape index (κ3) is 2.62. The van der Waals surface area contributed by atoms with Crippen LogP contribution >= 0.6 is 0 Å². The molecular weight excluding hydrogens is 160 g/mol. The Hall–Kier alpha value is -0.710. The Bertz CT molecular complexity index is 209. The van der Waals surface area contributed by atoms with Crippen LogP contribution in [-0.2, 0) is 0 Å². The normalized spacial score (nSPS) is 29.0. The Labute approximate surface area is 81.5 Å². The van der Waals surface area contributed by atoms with Crippen LogP contribution in [0.25, 0.3) is 0 Å². The number of likely N-dealkylation sites (tertiary alicyclic amines) is 1. The van der Waals surface area contributed by atoms with Gasteiger partial charge in [-0.15, -0.1) is 0 Å². The van der Waals surface area contributed by atoms with E-state index in [1.54, 1.807) is 0 Å². The molecule has 1 aliphatic heterocycles. The molecule has 0 aliphatic carbocycles. The van der Waals surface area contributed by atoms with E-state index in [1.807, 2.05) is 4.90 Å². The Morgan fingerprint density at radius 2 is 2.00 bits per heavy atom. The third-order valence-corrected chi connectivity index (χ3v) is 2.75. The van der Waals surface area contributed by atoms with Crippen LogP contribution in [0.15, 0.2) is 0 Å². The van der Waals surface area contributed by atoms with Crippen molar-refractivity contribution in [2.24, 2.45) is 5.41 Å². The van der Waals surface area contributed by atoms with Crippen LogP contribution in [0.2, 0.25) is 0 Å². The van der Waals surface area contributed by atoms with Gasteiger partial charge in [0.25, 0.3) is 0 Å². The molecular formula is C11H20N2. The van der Waals surface area contributed by atoms with E-state index in [1.165, 1.54) is 12.8 Å². The number of nitrogens with zero attached hydrogens (tertiary/aromatic N) is 2. The summed E-state index contributed by atoms with van der Waals surface area (Å²) in [7, 11) is 0. The molecule has 2 heteroatoms. The Morgan fingerprint density at radius 3 is 2.46 bits per heavy atom. The van der Waals surface area contributed by atoms with Gasteiger partial charge in [0.15, 0.2) is 6.19 Å². The van der Waals surface area contributed by atoms with Crippen molar-refractivity contribution in [1.82, 2.24) is 4.90 Å². The number of nitriles is 1. The number of hydrogen-bond acceptors (Lipinski definition) is 2. The van der Waals surface area contributed by atoms with E-state index in [-0.39, 0.29) is 0 Å². The lowest BCUT2D eigenvalue weighted by atomic mass is 9.87. The van der Waals surface area contributed by atoms with Gasteiger partial charge in [-0.2, -0.15) is 5.26 Å². The fourth-order valence-corrected chi connectivity index (χ4v) is 2.16. The highest BCUT2D eigenvalue weighted by Gasteiger charge is 2.32. The first kappa shape index (κ1) is 10.4. The van der Waals surface area contributed by atoms with Gasteiger partial charge in [-0.25, -0.2) is 0 Å². The highest BCUT2D eigenvalue weighted by atomic mass is 15.2. The van der Waals surface area contributed by atoms with Gasteiger partial charge in [-0.3, -0.25) is 0 Å². The molecule has 0 bridgehead atoms. The summed E-state index contributed by atoms with van der Waals surface area (Å²) in [6.45, 7) is 8.87. The first-order chi connectivity index (χ1) is 5.94. The Balaban J connectivity index is 2.57. The maximum absolute atomic E-state index is 8.98. The molecule has 0 aromatic heterocycles. The van der Waals surface area contributed by atoms with Gasteiger partial charge in [0.05, 0.1) is 0 Å². The summed E-state index contributed by atoms with van der Waals surface area (Å²) in [5.41, 5.74) is 0.337. The van der Waals surface area contributed by atoms with Crippen LogP contribution in [0.1, 0.15) is 47.0 Å². The molecule has 2 nitrogen and oxygen atoms in total. The van der Waals surface area contributed by atoms with E-state index < -0.39 is 0 Å². The molecule has 1 rings (SSSR count). The lowest BCUT2D eigenvalue weighted by molar-refractivity contribution is 0.225. The molecule has 1 saturated heterocycles. The molecule has 2 unspecified atom stereocenters. The Kier molecular flexibility index (Phi) is 2.85. The summed E-state index contributed by atoms with van der Waals surface area (Å²) in [6, 6.07) is 0.942. The maximum Gasteiger partial charge on any atom is 0.179 e. The maximum atomic E-state index is 8.98. The van der Waals surface area contributed by atoms with Crippen molar-refractivity contribution in [1.29, 1.82) is 5.26 Å². The van der Waals surface area contributed by atoms with Gasteiger partial charge < -0.3 is 4.90 Å². The van der Waals surface area contributed by atoms with Gasteiger partial charge in [-0.1, -0.05) is 20.8 Å². The van der Waals surface area contributed by atoms with Gasteiger partial charge in [0.1, 0.15) is 0 Å². The number of rotatable bonds is 1. The van der Waals surface area contributed by atoms with Crippen LogP contribution in [0.5, 0.6) is 0 Å². The van der Waals surface area contributed by atoms with E-state index in [4.69, 9.17) is 5.26 Å². The molecule has 1 aliphatic rings. The zero-order valence-electron chi connectivity index (χ0n) is 9.17. The fourth-order valence-electron chi connectivity index (χ4n) is 2.16. The average molecular weight is 180 g/mol. The summed E-state index contributed by atoms with van der Waals surface area (Å²) in [6.07, 6.45) is 5.81. The zero-order valence-corrected chi connectivity index (χ0v) is 9.17. The molecule has 0 spiro atoms. The zero-order chi connectivity index (χ0) is 10.1. The smallest absolute Gasteiger partial charge is 0.179 e. The van der Waals surface area contributed by atoms with E-state index in [2.05, 4.69) is 33.9 Å². The lowest BCUT2D eigenvalue weighted by Crippen LogP contribution is -2.32. The third-order valence-electron chi connectivity index (χ3n) is 2.75. The molecule has 0 radical (unpaired) electrons. The fraction of sp³-hybridized carbons (Fsp3) is 0.909. The minimum atomic E-state index is 0.337. The topological polar surface area (TPSA) is 27.0 Å². The molecule has 0 aromatic carbocycles. The van der Waals surface area contributed by atoms with Crippen LogP contribution in [0, 0.1) is 16.9 Å². The molecule has 2 atom stereocenters. The first-order valence-corrected chi connectivity index (χ1v) is 5.12. The summed E-state index contributed by atoms with van der Waals surface area (Å²) < 4.78 is 0. The van der Waals surface area contributed by atoms with Gasteiger partial charge in [0, 0.05) is 12.1 Å². The van der Waals surface area contributed by atoms with Crippen LogP contribution < -0.4 is 0 Å². The summed E-state index contributed by atoms with van der Waals surface area (Å²) in [5.74, 6) is 0. The minimum absolute atomic E-state index is 0.337. The molecule has 0 N–H and O–H groups in total. The summed E-state index contributed by atoms with van der Waals surface area (Å²) in [5, 5.41) is 8.98. The highest BCUT2D eigenvalue weighted by molar-refractivity contribution is 4.94. The van der Waals surface area contributed by atoms with Gasteiger partial charge in [0.2, 0.25) is 0 Å². The molecule has 1 fully saturated rings. The molecule has 13 heavy (non-hydrogen) atoms. The standard InChI is InChI=1S/C11H20N2/c1-9-5-6-10(13(9)8-12)7-11(2,3)4/h9-10H,5-7H2,1-4H3. The first-order valence-electron chi connectivity index (χ1n) is 5.12. The second kappa shape index (κ2) is 3.57. The predicted octanol–water partition coefficient (Wildman–Crippen LogP) is 2.76. The molecule has 0 saturated carbocycles. The van der Waals surface area contributed by atoms with Crippen molar-refractivity contribution < 1.29 is 0 Å². The monoisotopic (exact) mass is 180 g/mol. The highest BCUT2D eigenvalue weighted by Crippen LogP contribution is 2.32. The average Bonchev–Trinajstić information content (AvgIpc) is 2.28. The number of hydrogen-bond donors (Lipinski definition) is 0. The minimum Gasteiger partial charge on any atom is -0.305 e. The van der Waals surface area contributed by atoms with Crippen molar-refractivity contribution in [2.45, 2.75) is 59.0 Å². The van der Waals surface area contributed by atoms with E-state index in [0.717, 1.165) is 6.42 Å². The van der Waals surface area contributed by atoms with E-state index in [9.17, 15) is 0 Å². The second-order valence-electron chi connectivity index (χ2n) is 5.35. The van der Waals surface area contributed by atoms with E-state index >= 15 is 0 Å².